The zero-order valence-corrected chi connectivity index (χ0v) is 15.6. The van der Waals surface area contributed by atoms with Crippen molar-refractivity contribution in [1.82, 2.24) is 0 Å². The SMILES string of the molecule is NC(=O)C(Cc1ccccc1)c1cccc(CCS(=O)(=O)CC2CC2)c1. The molecule has 138 valence electrons. The van der Waals surface area contributed by atoms with Gasteiger partial charge in [0.15, 0.2) is 9.84 Å². The Morgan fingerprint density at radius 1 is 1.04 bits per heavy atom. The van der Waals surface area contributed by atoms with Gasteiger partial charge in [0.2, 0.25) is 5.91 Å². The van der Waals surface area contributed by atoms with Crippen molar-refractivity contribution < 1.29 is 13.2 Å². The van der Waals surface area contributed by atoms with E-state index in [2.05, 4.69) is 0 Å². The van der Waals surface area contributed by atoms with Crippen LogP contribution in [0.2, 0.25) is 0 Å². The Morgan fingerprint density at radius 2 is 1.73 bits per heavy atom. The molecule has 0 saturated heterocycles. The van der Waals surface area contributed by atoms with Crippen molar-refractivity contribution in [2.75, 3.05) is 11.5 Å². The van der Waals surface area contributed by atoms with Crippen molar-refractivity contribution in [1.29, 1.82) is 0 Å². The van der Waals surface area contributed by atoms with E-state index in [9.17, 15) is 13.2 Å². The maximum atomic E-state index is 12.1. The molecule has 2 N–H and O–H groups in total. The first-order valence-electron chi connectivity index (χ1n) is 9.05. The van der Waals surface area contributed by atoms with Gasteiger partial charge in [-0.1, -0.05) is 54.6 Å². The molecule has 1 amide bonds. The molecule has 1 unspecified atom stereocenters. The average molecular weight is 372 g/mol. The predicted octanol–water partition coefficient (Wildman–Crippen LogP) is 2.87. The summed E-state index contributed by atoms with van der Waals surface area (Å²) in [6, 6.07) is 17.4. The Balaban J connectivity index is 1.70. The van der Waals surface area contributed by atoms with E-state index in [1.54, 1.807) is 0 Å². The van der Waals surface area contributed by atoms with Crippen molar-refractivity contribution in [3.05, 3.63) is 71.3 Å². The van der Waals surface area contributed by atoms with Crippen molar-refractivity contribution >= 4 is 15.7 Å². The highest BCUT2D eigenvalue weighted by molar-refractivity contribution is 7.91. The van der Waals surface area contributed by atoms with Gasteiger partial charge in [-0.2, -0.15) is 0 Å². The van der Waals surface area contributed by atoms with E-state index in [0.29, 0.717) is 24.5 Å². The number of rotatable bonds is 9. The van der Waals surface area contributed by atoms with Gasteiger partial charge in [0.05, 0.1) is 17.4 Å². The first kappa shape index (κ1) is 18.6. The van der Waals surface area contributed by atoms with Gasteiger partial charge in [0.25, 0.3) is 0 Å². The third-order valence-corrected chi connectivity index (χ3v) is 6.67. The van der Waals surface area contributed by atoms with Crippen molar-refractivity contribution in [3.8, 4) is 0 Å². The summed E-state index contributed by atoms with van der Waals surface area (Å²) in [5.41, 5.74) is 8.46. The van der Waals surface area contributed by atoms with E-state index in [1.165, 1.54) is 0 Å². The Bertz CT molecular complexity index is 858. The van der Waals surface area contributed by atoms with Crippen LogP contribution in [-0.4, -0.2) is 25.8 Å². The van der Waals surface area contributed by atoms with Crippen molar-refractivity contribution in [3.63, 3.8) is 0 Å². The standard InChI is InChI=1S/C21H25NO3S/c22-21(23)20(14-16-5-2-1-3-6-16)19-8-4-7-17(13-19)11-12-26(24,25)15-18-9-10-18/h1-8,13,18,20H,9-12,14-15H2,(H2,22,23). The fourth-order valence-electron chi connectivity index (χ4n) is 3.20. The maximum Gasteiger partial charge on any atom is 0.225 e. The predicted molar refractivity (Wildman–Crippen MR) is 104 cm³/mol. The summed E-state index contributed by atoms with van der Waals surface area (Å²) >= 11 is 0. The Morgan fingerprint density at radius 3 is 2.38 bits per heavy atom. The van der Waals surface area contributed by atoms with E-state index in [4.69, 9.17) is 5.73 Å². The van der Waals surface area contributed by atoms with Crippen LogP contribution in [0.4, 0.5) is 0 Å². The van der Waals surface area contributed by atoms with E-state index in [1.807, 2.05) is 54.6 Å². The molecule has 1 aliphatic carbocycles. The highest BCUT2D eigenvalue weighted by Gasteiger charge is 2.27. The quantitative estimate of drug-likeness (QED) is 0.736. The zero-order chi connectivity index (χ0) is 18.6. The molecule has 0 aliphatic heterocycles. The molecule has 2 aromatic rings. The van der Waals surface area contributed by atoms with E-state index in [0.717, 1.165) is 29.5 Å². The van der Waals surface area contributed by atoms with Crippen LogP contribution in [0.3, 0.4) is 0 Å². The van der Waals surface area contributed by atoms with Gasteiger partial charge < -0.3 is 5.73 Å². The number of nitrogens with two attached hydrogens (primary N) is 1. The molecule has 1 saturated carbocycles. The second-order valence-corrected chi connectivity index (χ2v) is 9.43. The zero-order valence-electron chi connectivity index (χ0n) is 14.8. The number of amides is 1. The lowest BCUT2D eigenvalue weighted by molar-refractivity contribution is -0.119. The average Bonchev–Trinajstić information content (AvgIpc) is 3.42. The molecule has 5 heteroatoms. The minimum absolute atomic E-state index is 0.160. The molecule has 0 spiro atoms. The van der Waals surface area contributed by atoms with Crippen LogP contribution >= 0.6 is 0 Å². The summed E-state index contributed by atoms with van der Waals surface area (Å²) in [6.45, 7) is 0. The van der Waals surface area contributed by atoms with Gasteiger partial charge in [-0.15, -0.1) is 0 Å². The van der Waals surface area contributed by atoms with Crippen LogP contribution in [0, 0.1) is 5.92 Å². The number of carbonyl (C=O) groups is 1. The molecular formula is C21H25NO3S. The first-order chi connectivity index (χ1) is 12.4. The minimum atomic E-state index is -3.01. The number of aryl methyl sites for hydroxylation is 1. The molecule has 0 heterocycles. The maximum absolute atomic E-state index is 12.1. The number of hydrogen-bond donors (Lipinski definition) is 1. The number of carbonyl (C=O) groups excluding carboxylic acids is 1. The van der Waals surface area contributed by atoms with E-state index in [-0.39, 0.29) is 11.7 Å². The van der Waals surface area contributed by atoms with Gasteiger partial charge in [-0.05, 0) is 48.3 Å². The highest BCUT2D eigenvalue weighted by Crippen LogP contribution is 2.30. The van der Waals surface area contributed by atoms with E-state index < -0.39 is 15.8 Å². The topological polar surface area (TPSA) is 77.2 Å². The highest BCUT2D eigenvalue weighted by atomic mass is 32.2. The molecule has 4 nitrogen and oxygen atoms in total. The summed E-state index contributed by atoms with van der Waals surface area (Å²) in [5.74, 6) is 0.0570. The van der Waals surface area contributed by atoms with Gasteiger partial charge in [-0.25, -0.2) is 8.42 Å². The minimum Gasteiger partial charge on any atom is -0.369 e. The monoisotopic (exact) mass is 371 g/mol. The summed E-state index contributed by atoms with van der Waals surface area (Å²) in [7, 11) is -3.01. The number of primary amides is 1. The summed E-state index contributed by atoms with van der Waals surface area (Å²) < 4.78 is 24.3. The molecule has 0 bridgehead atoms. The first-order valence-corrected chi connectivity index (χ1v) is 10.9. The van der Waals surface area contributed by atoms with Crippen molar-refractivity contribution in [2.24, 2.45) is 11.7 Å². The second-order valence-electron chi connectivity index (χ2n) is 7.20. The van der Waals surface area contributed by atoms with Crippen LogP contribution in [0.1, 0.15) is 35.4 Å². The molecule has 2 aromatic carbocycles. The summed E-state index contributed by atoms with van der Waals surface area (Å²) in [5, 5.41) is 0. The smallest absolute Gasteiger partial charge is 0.225 e. The summed E-state index contributed by atoms with van der Waals surface area (Å²) in [4.78, 5) is 12.0. The second kappa shape index (κ2) is 8.04. The van der Waals surface area contributed by atoms with Crippen LogP contribution < -0.4 is 5.73 Å². The molecule has 1 atom stereocenters. The number of benzene rings is 2. The largest absolute Gasteiger partial charge is 0.369 e. The normalized spacial score (nSPS) is 15.5. The summed E-state index contributed by atoms with van der Waals surface area (Å²) in [6.07, 6.45) is 3.09. The Hall–Kier alpha value is -2.14. The number of sulfone groups is 1. The fraction of sp³-hybridized carbons (Fsp3) is 0.381. The van der Waals surface area contributed by atoms with E-state index >= 15 is 0 Å². The van der Waals surface area contributed by atoms with Crippen LogP contribution in [0.15, 0.2) is 54.6 Å². The molecule has 0 aromatic heterocycles. The molecule has 0 radical (unpaired) electrons. The number of hydrogen-bond acceptors (Lipinski definition) is 3. The molecule has 1 aliphatic rings. The lowest BCUT2D eigenvalue weighted by Gasteiger charge is -2.15. The lowest BCUT2D eigenvalue weighted by Crippen LogP contribution is -2.23. The molecular weight excluding hydrogens is 346 g/mol. The van der Waals surface area contributed by atoms with Crippen LogP contribution in [0.5, 0.6) is 0 Å². The lowest BCUT2D eigenvalue weighted by atomic mass is 9.90. The van der Waals surface area contributed by atoms with Gasteiger partial charge in [0.1, 0.15) is 0 Å². The van der Waals surface area contributed by atoms with Crippen molar-refractivity contribution in [2.45, 2.75) is 31.6 Å². The Kier molecular flexibility index (Phi) is 5.77. The molecule has 1 fully saturated rings. The van der Waals surface area contributed by atoms with Crippen LogP contribution in [-0.2, 0) is 27.5 Å². The van der Waals surface area contributed by atoms with Crippen LogP contribution in [0.25, 0.3) is 0 Å². The Labute approximate surface area is 155 Å². The molecule has 26 heavy (non-hydrogen) atoms. The van der Waals surface area contributed by atoms with Gasteiger partial charge in [-0.3, -0.25) is 4.79 Å². The van der Waals surface area contributed by atoms with Gasteiger partial charge >= 0.3 is 0 Å². The van der Waals surface area contributed by atoms with Gasteiger partial charge in [0, 0.05) is 0 Å². The fourth-order valence-corrected chi connectivity index (χ4v) is 4.96. The molecule has 3 rings (SSSR count). The third-order valence-electron chi connectivity index (χ3n) is 4.87. The third kappa shape index (κ3) is 5.43.